The van der Waals surface area contributed by atoms with Crippen molar-refractivity contribution in [3.63, 3.8) is 0 Å². The number of hydrogen-bond donors (Lipinski definition) is 0. The molecule has 28 heavy (non-hydrogen) atoms. The van der Waals surface area contributed by atoms with Gasteiger partial charge in [-0.1, -0.05) is 16.8 Å². The van der Waals surface area contributed by atoms with Crippen molar-refractivity contribution in [3.8, 4) is 11.4 Å². The predicted octanol–water partition coefficient (Wildman–Crippen LogP) is 2.47. The molecule has 2 bridgehead atoms. The highest BCUT2D eigenvalue weighted by atomic mass is 35.5. The fourth-order valence-electron chi connectivity index (χ4n) is 4.38. The van der Waals surface area contributed by atoms with Crippen molar-refractivity contribution in [1.29, 1.82) is 0 Å². The number of carbonyl (C=O) groups excluding carboxylic acids is 1. The van der Waals surface area contributed by atoms with Crippen LogP contribution in [-0.2, 0) is 18.3 Å². The molecule has 0 radical (unpaired) electrons. The summed E-state index contributed by atoms with van der Waals surface area (Å²) < 4.78 is 7.21. The summed E-state index contributed by atoms with van der Waals surface area (Å²) in [6.45, 7) is 0.727. The number of carbonyl (C=O) groups is 1. The van der Waals surface area contributed by atoms with Crippen molar-refractivity contribution in [2.45, 2.75) is 31.2 Å². The molecular weight excluding hydrogens is 380 g/mol. The molecule has 3 aromatic rings. The summed E-state index contributed by atoms with van der Waals surface area (Å²) in [6.07, 6.45) is 3.60. The van der Waals surface area contributed by atoms with Gasteiger partial charge in [0.05, 0.1) is 6.42 Å². The largest absolute Gasteiger partial charge is 0.339 e. The first-order chi connectivity index (χ1) is 13.6. The number of aromatic nitrogens is 5. The van der Waals surface area contributed by atoms with Crippen LogP contribution in [0.4, 0.5) is 0 Å². The van der Waals surface area contributed by atoms with Crippen LogP contribution in [0.2, 0.25) is 5.02 Å². The zero-order valence-corrected chi connectivity index (χ0v) is 16.1. The van der Waals surface area contributed by atoms with Gasteiger partial charge in [-0.25, -0.2) is 4.98 Å². The number of hydrogen-bond acceptors (Lipinski definition) is 6. The molecule has 2 aromatic heterocycles. The number of halogens is 1. The average Bonchev–Trinajstić information content (AvgIpc) is 3.46. The van der Waals surface area contributed by atoms with Gasteiger partial charge in [0.25, 0.3) is 0 Å². The molecule has 2 aliphatic rings. The van der Waals surface area contributed by atoms with E-state index in [9.17, 15) is 4.79 Å². The number of aryl methyl sites for hydroxylation is 1. The van der Waals surface area contributed by atoms with Crippen LogP contribution in [0.3, 0.4) is 0 Å². The Morgan fingerprint density at radius 3 is 2.79 bits per heavy atom. The molecule has 3 heterocycles. The summed E-state index contributed by atoms with van der Waals surface area (Å²) in [6, 6.07) is 7.60. The van der Waals surface area contributed by atoms with Gasteiger partial charge in [-0.05, 0) is 43.0 Å². The second kappa shape index (κ2) is 6.70. The lowest BCUT2D eigenvalue weighted by Crippen LogP contribution is -2.40. The van der Waals surface area contributed by atoms with Crippen LogP contribution >= 0.6 is 11.6 Å². The zero-order chi connectivity index (χ0) is 19.3. The van der Waals surface area contributed by atoms with Gasteiger partial charge in [0.15, 0.2) is 0 Å². The van der Waals surface area contributed by atoms with Crippen LogP contribution in [0.5, 0.6) is 0 Å². The maximum atomic E-state index is 12.7. The summed E-state index contributed by atoms with van der Waals surface area (Å²) >= 11 is 5.94. The van der Waals surface area contributed by atoms with Crippen LogP contribution in [0.15, 0.2) is 35.1 Å². The van der Waals surface area contributed by atoms with Crippen molar-refractivity contribution in [3.05, 3.63) is 47.3 Å². The lowest BCUT2D eigenvalue weighted by atomic mass is 9.94. The Morgan fingerprint density at radius 2 is 2.11 bits per heavy atom. The molecule has 5 rings (SSSR count). The van der Waals surface area contributed by atoms with Gasteiger partial charge in [-0.2, -0.15) is 10.1 Å². The fraction of sp³-hybridized carbons (Fsp3) is 0.421. The van der Waals surface area contributed by atoms with Gasteiger partial charge in [0.1, 0.15) is 12.2 Å². The molecule has 0 spiro atoms. The Kier molecular flexibility index (Phi) is 4.16. The number of rotatable bonds is 4. The van der Waals surface area contributed by atoms with Gasteiger partial charge in [0, 0.05) is 36.1 Å². The van der Waals surface area contributed by atoms with E-state index in [0.29, 0.717) is 28.5 Å². The van der Waals surface area contributed by atoms with Crippen molar-refractivity contribution in [1.82, 2.24) is 29.8 Å². The number of benzene rings is 1. The standard InChI is InChI=1S/C19H19ClN6O2/c1-25-16(21-10-22-25)8-17(27)26-9-12-6-14(26)7-15(12)19-23-18(24-28-19)11-2-4-13(20)5-3-11/h2-5,10,12,14-15H,6-9H2,1H3. The number of amides is 1. The summed E-state index contributed by atoms with van der Waals surface area (Å²) in [7, 11) is 1.80. The van der Waals surface area contributed by atoms with E-state index in [2.05, 4.69) is 20.2 Å². The first-order valence-corrected chi connectivity index (χ1v) is 9.68. The highest BCUT2D eigenvalue weighted by molar-refractivity contribution is 6.30. The van der Waals surface area contributed by atoms with Crippen molar-refractivity contribution < 1.29 is 9.32 Å². The normalized spacial score (nSPS) is 23.5. The minimum Gasteiger partial charge on any atom is -0.339 e. The molecule has 1 aliphatic carbocycles. The lowest BCUT2D eigenvalue weighted by Gasteiger charge is -2.30. The first kappa shape index (κ1) is 17.4. The van der Waals surface area contributed by atoms with E-state index in [1.54, 1.807) is 11.7 Å². The quantitative estimate of drug-likeness (QED) is 0.670. The van der Waals surface area contributed by atoms with E-state index in [1.807, 2.05) is 29.2 Å². The Balaban J connectivity index is 1.27. The molecule has 1 aromatic carbocycles. The first-order valence-electron chi connectivity index (χ1n) is 9.30. The Morgan fingerprint density at radius 1 is 1.29 bits per heavy atom. The van der Waals surface area contributed by atoms with E-state index in [1.165, 1.54) is 6.33 Å². The van der Waals surface area contributed by atoms with Crippen LogP contribution in [-0.4, -0.2) is 48.3 Å². The van der Waals surface area contributed by atoms with E-state index < -0.39 is 0 Å². The van der Waals surface area contributed by atoms with Gasteiger partial charge >= 0.3 is 0 Å². The molecule has 0 N–H and O–H groups in total. The number of nitrogens with zero attached hydrogens (tertiary/aromatic N) is 6. The van der Waals surface area contributed by atoms with Crippen molar-refractivity contribution in [2.24, 2.45) is 13.0 Å². The highest BCUT2D eigenvalue weighted by Gasteiger charge is 2.48. The van der Waals surface area contributed by atoms with Crippen LogP contribution in [0, 0.1) is 5.92 Å². The lowest BCUT2D eigenvalue weighted by molar-refractivity contribution is -0.132. The number of likely N-dealkylation sites (tertiary alicyclic amines) is 1. The van der Waals surface area contributed by atoms with Gasteiger partial charge in [-0.15, -0.1) is 0 Å². The van der Waals surface area contributed by atoms with Gasteiger partial charge < -0.3 is 9.42 Å². The van der Waals surface area contributed by atoms with E-state index in [4.69, 9.17) is 16.1 Å². The average molecular weight is 399 g/mol. The van der Waals surface area contributed by atoms with Gasteiger partial charge in [0.2, 0.25) is 17.6 Å². The third kappa shape index (κ3) is 2.97. The maximum absolute atomic E-state index is 12.7. The molecule has 1 amide bonds. The molecule has 1 saturated carbocycles. The molecule has 2 fully saturated rings. The number of piperidine rings is 1. The van der Waals surface area contributed by atoms with Crippen molar-refractivity contribution >= 4 is 17.5 Å². The summed E-state index contributed by atoms with van der Waals surface area (Å²) in [4.78, 5) is 23.4. The zero-order valence-electron chi connectivity index (χ0n) is 15.3. The molecule has 8 nitrogen and oxygen atoms in total. The minimum atomic E-state index is 0.106. The smallest absolute Gasteiger partial charge is 0.230 e. The molecule has 3 unspecified atom stereocenters. The monoisotopic (exact) mass is 398 g/mol. The molecule has 1 aliphatic heterocycles. The Hall–Kier alpha value is -2.74. The predicted molar refractivity (Wildman–Crippen MR) is 100 cm³/mol. The summed E-state index contributed by atoms with van der Waals surface area (Å²) in [5.74, 6) is 2.59. The Labute approximate surface area is 166 Å². The summed E-state index contributed by atoms with van der Waals surface area (Å²) in [5.41, 5.74) is 0.878. The van der Waals surface area contributed by atoms with E-state index in [0.717, 1.165) is 24.9 Å². The highest BCUT2D eigenvalue weighted by Crippen LogP contribution is 2.47. The number of fused-ring (bicyclic) bond motifs is 2. The topological polar surface area (TPSA) is 89.9 Å². The summed E-state index contributed by atoms with van der Waals surface area (Å²) in [5, 5.41) is 8.83. The van der Waals surface area contributed by atoms with E-state index >= 15 is 0 Å². The van der Waals surface area contributed by atoms with Gasteiger partial charge in [-0.3, -0.25) is 9.48 Å². The molecule has 9 heteroatoms. The molecule has 3 atom stereocenters. The third-order valence-electron chi connectivity index (χ3n) is 5.84. The molecule has 144 valence electrons. The minimum absolute atomic E-state index is 0.106. The van der Waals surface area contributed by atoms with Crippen LogP contribution in [0.25, 0.3) is 11.4 Å². The SMILES string of the molecule is Cn1ncnc1CC(=O)N1CC2CC1CC2c1nc(-c2ccc(Cl)cc2)no1. The second-order valence-corrected chi connectivity index (χ2v) is 7.91. The van der Waals surface area contributed by atoms with Crippen LogP contribution in [0.1, 0.15) is 30.5 Å². The van der Waals surface area contributed by atoms with E-state index in [-0.39, 0.29) is 24.3 Å². The maximum Gasteiger partial charge on any atom is 0.230 e. The second-order valence-electron chi connectivity index (χ2n) is 7.48. The third-order valence-corrected chi connectivity index (χ3v) is 6.09. The Bertz CT molecular complexity index is 1010. The fourth-order valence-corrected chi connectivity index (χ4v) is 4.51. The van der Waals surface area contributed by atoms with Crippen LogP contribution < -0.4 is 0 Å². The van der Waals surface area contributed by atoms with Crippen molar-refractivity contribution in [2.75, 3.05) is 6.54 Å². The molecule has 1 saturated heterocycles. The molecular formula is C19H19ClN6O2.